The standard InChI is InChI=1S/C9H11IN2O2/c10-7-2-1-5(8(12)4-11)3-6(7)9(13)14/h1-3,8H,4,11-12H2,(H,13,14)/t8-/m1/s1. The first-order chi connectivity index (χ1) is 6.56. The third kappa shape index (κ3) is 2.43. The molecule has 0 fully saturated rings. The highest BCUT2D eigenvalue weighted by Crippen LogP contribution is 2.17. The molecule has 5 N–H and O–H groups in total. The van der Waals surface area contributed by atoms with Crippen molar-refractivity contribution in [1.82, 2.24) is 0 Å². The third-order valence-electron chi connectivity index (χ3n) is 1.90. The normalized spacial score (nSPS) is 12.5. The van der Waals surface area contributed by atoms with Crippen LogP contribution in [0.4, 0.5) is 0 Å². The number of benzene rings is 1. The fourth-order valence-corrected chi connectivity index (χ4v) is 1.64. The quantitative estimate of drug-likeness (QED) is 0.725. The topological polar surface area (TPSA) is 89.3 Å². The lowest BCUT2D eigenvalue weighted by Gasteiger charge is -2.10. The molecule has 1 rings (SSSR count). The third-order valence-corrected chi connectivity index (χ3v) is 2.84. The molecular weight excluding hydrogens is 295 g/mol. The van der Waals surface area contributed by atoms with E-state index >= 15 is 0 Å². The minimum atomic E-state index is -0.944. The lowest BCUT2D eigenvalue weighted by atomic mass is 10.0. The lowest BCUT2D eigenvalue weighted by molar-refractivity contribution is 0.0695. The fourth-order valence-electron chi connectivity index (χ4n) is 1.07. The first-order valence-corrected chi connectivity index (χ1v) is 5.12. The van der Waals surface area contributed by atoms with Crippen LogP contribution in [0.15, 0.2) is 18.2 Å². The molecule has 0 saturated carbocycles. The zero-order chi connectivity index (χ0) is 10.7. The molecule has 1 aromatic carbocycles. The van der Waals surface area contributed by atoms with Crippen molar-refractivity contribution in [2.24, 2.45) is 11.5 Å². The number of hydrogen-bond donors (Lipinski definition) is 3. The zero-order valence-corrected chi connectivity index (χ0v) is 9.56. The van der Waals surface area contributed by atoms with Gasteiger partial charge in [0.2, 0.25) is 0 Å². The van der Waals surface area contributed by atoms with Crippen LogP contribution in [0.25, 0.3) is 0 Å². The minimum Gasteiger partial charge on any atom is -0.478 e. The van der Waals surface area contributed by atoms with Gasteiger partial charge in [-0.3, -0.25) is 0 Å². The Labute approximate surface area is 95.4 Å². The van der Waals surface area contributed by atoms with Crippen LogP contribution in [0.2, 0.25) is 0 Å². The van der Waals surface area contributed by atoms with Gasteiger partial charge in [-0.05, 0) is 40.3 Å². The second-order valence-electron chi connectivity index (χ2n) is 2.89. The molecule has 0 aliphatic heterocycles. The van der Waals surface area contributed by atoms with Crippen molar-refractivity contribution in [3.63, 3.8) is 0 Å². The van der Waals surface area contributed by atoms with E-state index in [9.17, 15) is 4.79 Å². The number of aromatic carboxylic acids is 1. The lowest BCUT2D eigenvalue weighted by Crippen LogP contribution is -2.21. The summed E-state index contributed by atoms with van der Waals surface area (Å²) in [4.78, 5) is 10.8. The SMILES string of the molecule is NC[C@@H](N)c1ccc(I)c(C(=O)O)c1. The molecule has 76 valence electrons. The molecule has 4 nitrogen and oxygen atoms in total. The maximum Gasteiger partial charge on any atom is 0.336 e. The molecule has 0 amide bonds. The summed E-state index contributed by atoms with van der Waals surface area (Å²) in [6.07, 6.45) is 0. The molecule has 5 heteroatoms. The zero-order valence-electron chi connectivity index (χ0n) is 7.40. The summed E-state index contributed by atoms with van der Waals surface area (Å²) in [6, 6.07) is 4.80. The first kappa shape index (κ1) is 11.4. The van der Waals surface area contributed by atoms with E-state index in [0.29, 0.717) is 10.1 Å². The summed E-state index contributed by atoms with van der Waals surface area (Å²) < 4.78 is 0.697. The highest BCUT2D eigenvalue weighted by atomic mass is 127. The Kier molecular flexibility index (Phi) is 3.85. The van der Waals surface area contributed by atoms with Crippen molar-refractivity contribution in [2.75, 3.05) is 6.54 Å². The molecule has 0 aliphatic rings. The van der Waals surface area contributed by atoms with Crippen LogP contribution in [-0.4, -0.2) is 17.6 Å². The number of carboxylic acids is 1. The molecule has 0 spiro atoms. The van der Waals surface area contributed by atoms with Gasteiger partial charge in [0.1, 0.15) is 0 Å². The van der Waals surface area contributed by atoms with Gasteiger partial charge in [0.25, 0.3) is 0 Å². The molecular formula is C9H11IN2O2. The van der Waals surface area contributed by atoms with Gasteiger partial charge in [-0.25, -0.2) is 4.79 Å². The average molecular weight is 306 g/mol. The smallest absolute Gasteiger partial charge is 0.336 e. The van der Waals surface area contributed by atoms with Gasteiger partial charge in [0.15, 0.2) is 0 Å². The predicted molar refractivity (Wildman–Crippen MR) is 62.1 cm³/mol. The maximum atomic E-state index is 10.8. The van der Waals surface area contributed by atoms with Gasteiger partial charge in [0.05, 0.1) is 5.56 Å². The number of hydrogen-bond acceptors (Lipinski definition) is 3. The molecule has 1 aromatic rings. The van der Waals surface area contributed by atoms with E-state index in [4.69, 9.17) is 16.6 Å². The molecule has 1 atom stereocenters. The number of rotatable bonds is 3. The Morgan fingerprint density at radius 3 is 2.71 bits per heavy atom. The van der Waals surface area contributed by atoms with Crippen molar-refractivity contribution >= 4 is 28.6 Å². The van der Waals surface area contributed by atoms with E-state index in [-0.39, 0.29) is 11.6 Å². The Bertz CT molecular complexity index is 355. The Hall–Kier alpha value is -0.660. The Morgan fingerprint density at radius 1 is 1.57 bits per heavy atom. The second kappa shape index (κ2) is 4.72. The summed E-state index contributed by atoms with van der Waals surface area (Å²) in [5.74, 6) is -0.944. The van der Waals surface area contributed by atoms with Gasteiger partial charge in [-0.2, -0.15) is 0 Å². The van der Waals surface area contributed by atoms with Gasteiger partial charge in [-0.15, -0.1) is 0 Å². The van der Waals surface area contributed by atoms with Gasteiger partial charge < -0.3 is 16.6 Å². The van der Waals surface area contributed by atoms with Crippen molar-refractivity contribution in [1.29, 1.82) is 0 Å². The number of halogens is 1. The van der Waals surface area contributed by atoms with Gasteiger partial charge in [0, 0.05) is 16.2 Å². The van der Waals surface area contributed by atoms with Gasteiger partial charge in [-0.1, -0.05) is 6.07 Å². The van der Waals surface area contributed by atoms with Crippen LogP contribution in [0, 0.1) is 3.57 Å². The van der Waals surface area contributed by atoms with Crippen molar-refractivity contribution in [3.8, 4) is 0 Å². The van der Waals surface area contributed by atoms with Gasteiger partial charge >= 0.3 is 5.97 Å². The summed E-state index contributed by atoms with van der Waals surface area (Å²) in [6.45, 7) is 0.305. The molecule has 0 aliphatic carbocycles. The molecule has 0 bridgehead atoms. The largest absolute Gasteiger partial charge is 0.478 e. The fraction of sp³-hybridized carbons (Fsp3) is 0.222. The van der Waals surface area contributed by atoms with E-state index in [1.165, 1.54) is 0 Å². The number of carboxylic acid groups (broad SMARTS) is 1. The monoisotopic (exact) mass is 306 g/mol. The Balaban J connectivity index is 3.12. The second-order valence-corrected chi connectivity index (χ2v) is 4.05. The first-order valence-electron chi connectivity index (χ1n) is 4.04. The van der Waals surface area contributed by atoms with E-state index in [1.807, 2.05) is 22.6 Å². The number of carbonyl (C=O) groups is 1. The molecule has 0 aromatic heterocycles. The average Bonchev–Trinajstić information content (AvgIpc) is 2.17. The molecule has 0 radical (unpaired) electrons. The van der Waals surface area contributed by atoms with Crippen LogP contribution in [0.1, 0.15) is 22.0 Å². The number of nitrogens with two attached hydrogens (primary N) is 2. The maximum absolute atomic E-state index is 10.8. The molecule has 0 unspecified atom stereocenters. The van der Waals surface area contributed by atoms with Crippen LogP contribution in [-0.2, 0) is 0 Å². The van der Waals surface area contributed by atoms with Crippen LogP contribution in [0.5, 0.6) is 0 Å². The predicted octanol–water partition coefficient (Wildman–Crippen LogP) is 0.948. The molecule has 0 saturated heterocycles. The highest BCUT2D eigenvalue weighted by Gasteiger charge is 2.11. The Morgan fingerprint density at radius 2 is 2.21 bits per heavy atom. The van der Waals surface area contributed by atoms with Crippen molar-refractivity contribution in [3.05, 3.63) is 32.9 Å². The van der Waals surface area contributed by atoms with Crippen LogP contribution in [0.3, 0.4) is 0 Å². The summed E-state index contributed by atoms with van der Waals surface area (Å²) in [5.41, 5.74) is 12.1. The van der Waals surface area contributed by atoms with Crippen LogP contribution >= 0.6 is 22.6 Å². The minimum absolute atomic E-state index is 0.270. The van der Waals surface area contributed by atoms with E-state index in [2.05, 4.69) is 0 Å². The summed E-state index contributed by atoms with van der Waals surface area (Å²) in [5, 5.41) is 8.87. The summed E-state index contributed by atoms with van der Waals surface area (Å²) in [7, 11) is 0. The van der Waals surface area contributed by atoms with E-state index in [1.54, 1.807) is 18.2 Å². The van der Waals surface area contributed by atoms with E-state index in [0.717, 1.165) is 5.56 Å². The highest BCUT2D eigenvalue weighted by molar-refractivity contribution is 14.1. The van der Waals surface area contributed by atoms with Crippen molar-refractivity contribution in [2.45, 2.75) is 6.04 Å². The molecule has 0 heterocycles. The molecule has 14 heavy (non-hydrogen) atoms. The van der Waals surface area contributed by atoms with E-state index < -0.39 is 5.97 Å². The van der Waals surface area contributed by atoms with Crippen molar-refractivity contribution < 1.29 is 9.90 Å². The van der Waals surface area contributed by atoms with Crippen LogP contribution < -0.4 is 11.5 Å². The summed E-state index contributed by atoms with van der Waals surface area (Å²) >= 11 is 1.97.